The summed E-state index contributed by atoms with van der Waals surface area (Å²) >= 11 is 0. The van der Waals surface area contributed by atoms with Crippen molar-refractivity contribution in [3.63, 3.8) is 0 Å². The van der Waals surface area contributed by atoms with Gasteiger partial charge in [0.15, 0.2) is 5.65 Å². The van der Waals surface area contributed by atoms with E-state index < -0.39 is 5.41 Å². The van der Waals surface area contributed by atoms with Gasteiger partial charge in [0, 0.05) is 68.2 Å². The van der Waals surface area contributed by atoms with Crippen LogP contribution in [-0.4, -0.2) is 101 Å². The highest BCUT2D eigenvalue weighted by Gasteiger charge is 2.42. The van der Waals surface area contributed by atoms with Crippen LogP contribution in [0.2, 0.25) is 0 Å². The maximum Gasteiger partial charge on any atom is 0.253 e. The Balaban J connectivity index is 1.32. The molecule has 3 aromatic rings. The van der Waals surface area contributed by atoms with Crippen LogP contribution in [0.15, 0.2) is 30.3 Å². The Morgan fingerprint density at radius 1 is 1.24 bits per heavy atom. The average molecular weight is 575 g/mol. The van der Waals surface area contributed by atoms with E-state index in [4.69, 9.17) is 4.74 Å². The number of nitriles is 1. The highest BCUT2D eigenvalue weighted by molar-refractivity contribution is 5.97. The lowest BCUT2D eigenvalue weighted by molar-refractivity contribution is -0.121. The van der Waals surface area contributed by atoms with Crippen LogP contribution in [0.4, 0.5) is 10.1 Å². The number of carbonyl (C=O) groups is 1. The number of hydrogen-bond donors (Lipinski definition) is 1. The minimum Gasteiger partial charge on any atom is -0.379 e. The van der Waals surface area contributed by atoms with Gasteiger partial charge in [-0.2, -0.15) is 10.2 Å². The molecule has 1 N–H and O–H groups in total. The van der Waals surface area contributed by atoms with E-state index in [0.717, 1.165) is 61.9 Å². The summed E-state index contributed by atoms with van der Waals surface area (Å²) in [6, 6.07) is 11.3. The molecule has 42 heavy (non-hydrogen) atoms. The van der Waals surface area contributed by atoms with E-state index in [9.17, 15) is 14.4 Å². The number of aromatic nitrogens is 3. The SMILES string of the molecule is C[C@@H]1CN(CC(=O)N2CC(C)(C)c3c2cc(Cc2ccc(F)cc2)c2nc(C#N)nn32)[C@@H](CN2CCOC[C@H]2C)CN1. The Morgan fingerprint density at radius 3 is 2.76 bits per heavy atom. The van der Waals surface area contributed by atoms with Gasteiger partial charge < -0.3 is 15.0 Å². The number of carbonyl (C=O) groups excluding carboxylic acids is 1. The molecule has 0 saturated carbocycles. The molecule has 3 aliphatic rings. The van der Waals surface area contributed by atoms with Crippen molar-refractivity contribution in [1.82, 2.24) is 29.7 Å². The zero-order valence-electron chi connectivity index (χ0n) is 24.8. The molecule has 0 aliphatic carbocycles. The average Bonchev–Trinajstić information content (AvgIpc) is 3.51. The summed E-state index contributed by atoms with van der Waals surface area (Å²) in [6.07, 6.45) is 0.470. The Labute approximate surface area is 246 Å². The normalized spacial score (nSPS) is 24.6. The molecule has 11 heteroatoms. The zero-order chi connectivity index (χ0) is 29.6. The number of benzene rings is 1. The summed E-state index contributed by atoms with van der Waals surface area (Å²) in [7, 11) is 0. The molecule has 0 bridgehead atoms. The van der Waals surface area contributed by atoms with Gasteiger partial charge in [0.05, 0.1) is 31.1 Å². The Morgan fingerprint density at radius 2 is 2.02 bits per heavy atom. The molecule has 5 heterocycles. The van der Waals surface area contributed by atoms with Crippen LogP contribution in [0.3, 0.4) is 0 Å². The van der Waals surface area contributed by atoms with Crippen molar-refractivity contribution < 1.29 is 13.9 Å². The predicted octanol–water partition coefficient (Wildman–Crippen LogP) is 2.34. The monoisotopic (exact) mass is 574 g/mol. The Kier molecular flexibility index (Phi) is 7.74. The molecule has 3 atom stereocenters. The largest absolute Gasteiger partial charge is 0.379 e. The second-order valence-electron chi connectivity index (χ2n) is 12.7. The number of fused-ring (bicyclic) bond motifs is 3. The molecule has 1 amide bonds. The lowest BCUT2D eigenvalue weighted by Crippen LogP contribution is -2.62. The van der Waals surface area contributed by atoms with E-state index in [1.807, 2.05) is 11.0 Å². The van der Waals surface area contributed by atoms with E-state index in [1.165, 1.54) is 12.1 Å². The molecule has 222 valence electrons. The first-order valence-electron chi connectivity index (χ1n) is 14.8. The summed E-state index contributed by atoms with van der Waals surface area (Å²) in [5.41, 5.74) is 3.59. The lowest BCUT2D eigenvalue weighted by atomic mass is 9.90. The quantitative estimate of drug-likeness (QED) is 0.479. The number of hydrogen-bond acceptors (Lipinski definition) is 8. The molecule has 1 aromatic carbocycles. The van der Waals surface area contributed by atoms with E-state index in [0.29, 0.717) is 37.2 Å². The van der Waals surface area contributed by atoms with Gasteiger partial charge >= 0.3 is 0 Å². The van der Waals surface area contributed by atoms with Crippen molar-refractivity contribution in [2.45, 2.75) is 57.7 Å². The number of halogens is 1. The molecule has 2 saturated heterocycles. The number of ether oxygens (including phenoxy) is 1. The molecule has 3 aliphatic heterocycles. The number of amides is 1. The number of anilines is 1. The first-order valence-corrected chi connectivity index (χ1v) is 14.8. The highest BCUT2D eigenvalue weighted by Crippen LogP contribution is 2.42. The number of nitrogens with zero attached hydrogens (tertiary/aromatic N) is 7. The summed E-state index contributed by atoms with van der Waals surface area (Å²) in [6.45, 7) is 14.3. The molecule has 2 fully saturated rings. The summed E-state index contributed by atoms with van der Waals surface area (Å²) in [5.74, 6) is -0.169. The van der Waals surface area contributed by atoms with Crippen LogP contribution in [0, 0.1) is 17.1 Å². The van der Waals surface area contributed by atoms with Gasteiger partial charge in [-0.05, 0) is 37.6 Å². The number of pyridine rings is 1. The van der Waals surface area contributed by atoms with Gasteiger partial charge in [-0.25, -0.2) is 8.91 Å². The molecular weight excluding hydrogens is 535 g/mol. The lowest BCUT2D eigenvalue weighted by Gasteiger charge is -2.43. The van der Waals surface area contributed by atoms with E-state index in [1.54, 1.807) is 16.6 Å². The maximum atomic E-state index is 14.2. The first-order chi connectivity index (χ1) is 20.1. The van der Waals surface area contributed by atoms with Gasteiger partial charge in [0.25, 0.3) is 5.82 Å². The number of morpholine rings is 1. The van der Waals surface area contributed by atoms with Gasteiger partial charge in [-0.3, -0.25) is 14.6 Å². The van der Waals surface area contributed by atoms with Crippen molar-refractivity contribution in [3.8, 4) is 6.07 Å². The summed E-state index contributed by atoms with van der Waals surface area (Å²) in [5, 5.41) is 17.8. The van der Waals surface area contributed by atoms with Crippen molar-refractivity contribution >= 4 is 17.2 Å². The number of nitrogens with one attached hydrogen (secondary N) is 1. The van der Waals surface area contributed by atoms with E-state index in [-0.39, 0.29) is 23.6 Å². The third-order valence-electron chi connectivity index (χ3n) is 8.87. The van der Waals surface area contributed by atoms with Crippen LogP contribution in [-0.2, 0) is 21.4 Å². The summed E-state index contributed by atoms with van der Waals surface area (Å²) < 4.78 is 21.0. The molecule has 2 aromatic heterocycles. The molecule has 10 nitrogen and oxygen atoms in total. The zero-order valence-corrected chi connectivity index (χ0v) is 24.8. The Hall–Kier alpha value is -3.43. The van der Waals surface area contributed by atoms with Gasteiger partial charge in [-0.1, -0.05) is 26.0 Å². The van der Waals surface area contributed by atoms with Crippen LogP contribution in [0.5, 0.6) is 0 Å². The summed E-state index contributed by atoms with van der Waals surface area (Å²) in [4.78, 5) is 25.4. The smallest absolute Gasteiger partial charge is 0.253 e. The second kappa shape index (κ2) is 11.3. The van der Waals surface area contributed by atoms with Crippen LogP contribution in [0.1, 0.15) is 50.3 Å². The first kappa shape index (κ1) is 28.7. The Bertz CT molecular complexity index is 1510. The van der Waals surface area contributed by atoms with Crippen molar-refractivity contribution in [2.24, 2.45) is 0 Å². The van der Waals surface area contributed by atoms with Crippen LogP contribution < -0.4 is 10.2 Å². The third kappa shape index (κ3) is 5.52. The minimum atomic E-state index is -0.405. The third-order valence-corrected chi connectivity index (χ3v) is 8.87. The minimum absolute atomic E-state index is 0.0451. The fourth-order valence-corrected chi connectivity index (χ4v) is 6.67. The van der Waals surface area contributed by atoms with Crippen LogP contribution >= 0.6 is 0 Å². The van der Waals surface area contributed by atoms with Gasteiger partial charge in [0.2, 0.25) is 5.91 Å². The van der Waals surface area contributed by atoms with Crippen molar-refractivity contribution in [3.05, 3.63) is 58.8 Å². The predicted molar refractivity (Wildman–Crippen MR) is 157 cm³/mol. The standard InChI is InChI=1S/C31H39FN8O2/c1-20-15-38(25(14-34-20)16-37-9-10-42-18-21(37)2)17-28(41)39-19-31(3,4)29-26(39)12-23(11-22-5-7-24(32)8-6-22)30-35-27(13-33)36-40(29)30/h5-8,12,20-21,25,34H,9-11,14-19H2,1-4H3/t20-,21-,25-/m1/s1. The number of rotatable bonds is 6. The topological polar surface area (TPSA) is 102 Å². The highest BCUT2D eigenvalue weighted by atomic mass is 19.1. The van der Waals surface area contributed by atoms with Crippen molar-refractivity contribution in [1.29, 1.82) is 5.26 Å². The van der Waals surface area contributed by atoms with Crippen molar-refractivity contribution in [2.75, 3.05) is 57.4 Å². The van der Waals surface area contributed by atoms with Gasteiger partial charge in [-0.15, -0.1) is 5.10 Å². The van der Waals surface area contributed by atoms with E-state index in [2.05, 4.69) is 59.0 Å². The molecule has 0 unspecified atom stereocenters. The molecule has 0 spiro atoms. The molecular formula is C31H39FN8O2. The second-order valence-corrected chi connectivity index (χ2v) is 12.7. The maximum absolute atomic E-state index is 14.2. The molecule has 0 radical (unpaired) electrons. The van der Waals surface area contributed by atoms with E-state index >= 15 is 0 Å². The van der Waals surface area contributed by atoms with Gasteiger partial charge in [0.1, 0.15) is 11.9 Å². The van der Waals surface area contributed by atoms with Crippen LogP contribution in [0.25, 0.3) is 5.65 Å². The fourth-order valence-electron chi connectivity index (χ4n) is 6.67. The number of piperazine rings is 1. The fraction of sp³-hybridized carbons (Fsp3) is 0.548. The molecule has 6 rings (SSSR count).